The number of nitrogens with zero attached hydrogens (tertiary/aromatic N) is 2. The molecule has 152 valence electrons. The van der Waals surface area contributed by atoms with Gasteiger partial charge < -0.3 is 10.6 Å². The maximum absolute atomic E-state index is 12.7. The summed E-state index contributed by atoms with van der Waals surface area (Å²) in [6, 6.07) is 0.509. The smallest absolute Gasteiger partial charge is 0.254 e. The van der Waals surface area contributed by atoms with Crippen LogP contribution >= 0.6 is 0 Å². The molecule has 0 aromatic carbocycles. The second-order valence-corrected chi connectivity index (χ2v) is 10.9. The van der Waals surface area contributed by atoms with E-state index in [0.29, 0.717) is 43.8 Å². The summed E-state index contributed by atoms with van der Waals surface area (Å²) < 4.78 is 26.5. The Hall–Kier alpha value is -1.41. The van der Waals surface area contributed by atoms with Crippen molar-refractivity contribution in [3.8, 4) is 0 Å². The van der Waals surface area contributed by atoms with Gasteiger partial charge in [0.15, 0.2) is 9.84 Å². The molecule has 1 aromatic rings. The zero-order chi connectivity index (χ0) is 19.7. The zero-order valence-electron chi connectivity index (χ0n) is 16.6. The van der Waals surface area contributed by atoms with Crippen molar-refractivity contribution in [3.05, 3.63) is 18.0 Å². The lowest BCUT2D eigenvalue weighted by Gasteiger charge is -2.51. The Kier molecular flexibility index (Phi) is 5.96. The van der Waals surface area contributed by atoms with Crippen molar-refractivity contribution >= 4 is 15.7 Å². The molecule has 0 bridgehead atoms. The van der Waals surface area contributed by atoms with Gasteiger partial charge in [-0.3, -0.25) is 9.48 Å². The second-order valence-electron chi connectivity index (χ2n) is 8.43. The molecule has 1 saturated heterocycles. The van der Waals surface area contributed by atoms with Crippen LogP contribution in [0.25, 0.3) is 0 Å². The van der Waals surface area contributed by atoms with E-state index in [-0.39, 0.29) is 23.6 Å². The van der Waals surface area contributed by atoms with E-state index in [9.17, 15) is 13.2 Å². The van der Waals surface area contributed by atoms with E-state index < -0.39 is 14.6 Å². The third kappa shape index (κ3) is 4.21. The summed E-state index contributed by atoms with van der Waals surface area (Å²) in [6.45, 7) is 7.60. The monoisotopic (exact) mass is 396 g/mol. The minimum atomic E-state index is -3.04. The van der Waals surface area contributed by atoms with Gasteiger partial charge in [-0.1, -0.05) is 6.92 Å². The number of carbonyl (C=O) groups is 1. The molecule has 1 aliphatic carbocycles. The van der Waals surface area contributed by atoms with Crippen LogP contribution in [-0.2, 0) is 9.84 Å². The van der Waals surface area contributed by atoms with E-state index in [2.05, 4.69) is 22.7 Å². The molecule has 8 heteroatoms. The first-order valence-corrected chi connectivity index (χ1v) is 11.7. The van der Waals surface area contributed by atoms with Gasteiger partial charge in [-0.05, 0) is 58.4 Å². The first-order valence-electron chi connectivity index (χ1n) is 10.0. The van der Waals surface area contributed by atoms with Crippen molar-refractivity contribution in [1.82, 2.24) is 20.4 Å². The van der Waals surface area contributed by atoms with Crippen molar-refractivity contribution < 1.29 is 13.2 Å². The second kappa shape index (κ2) is 7.91. The molecule has 1 aliphatic heterocycles. The molecule has 3 rings (SSSR count). The highest BCUT2D eigenvalue weighted by Gasteiger charge is 2.56. The van der Waals surface area contributed by atoms with E-state index in [1.807, 2.05) is 13.8 Å². The molecule has 7 nitrogen and oxygen atoms in total. The molecule has 0 radical (unpaired) electrons. The lowest BCUT2D eigenvalue weighted by molar-refractivity contribution is 0.0924. The minimum absolute atomic E-state index is 0.142. The fourth-order valence-corrected chi connectivity index (χ4v) is 6.81. The lowest BCUT2D eigenvalue weighted by atomic mass is 9.70. The van der Waals surface area contributed by atoms with E-state index in [1.165, 1.54) is 0 Å². The van der Waals surface area contributed by atoms with Gasteiger partial charge in [0.25, 0.3) is 5.91 Å². The summed E-state index contributed by atoms with van der Waals surface area (Å²) in [7, 11) is -3.04. The number of carbonyl (C=O) groups excluding carboxylic acids is 1. The average molecular weight is 397 g/mol. The molecule has 1 amide bonds. The van der Waals surface area contributed by atoms with Crippen molar-refractivity contribution in [1.29, 1.82) is 0 Å². The van der Waals surface area contributed by atoms with Gasteiger partial charge in [0.2, 0.25) is 0 Å². The third-order valence-corrected chi connectivity index (χ3v) is 8.55. The Morgan fingerprint density at radius 1 is 1.37 bits per heavy atom. The molecule has 27 heavy (non-hydrogen) atoms. The summed E-state index contributed by atoms with van der Waals surface area (Å²) in [4.78, 5) is 12.3. The number of hydrogen-bond donors (Lipinski definition) is 2. The summed E-state index contributed by atoms with van der Waals surface area (Å²) in [5.41, 5.74) is 0.548. The van der Waals surface area contributed by atoms with Gasteiger partial charge in [0.05, 0.1) is 22.3 Å². The molecule has 1 unspecified atom stereocenters. The molecule has 1 spiro atoms. The summed E-state index contributed by atoms with van der Waals surface area (Å²) >= 11 is 0. The fourth-order valence-electron chi connectivity index (χ4n) is 4.35. The van der Waals surface area contributed by atoms with Crippen molar-refractivity contribution in [2.75, 3.05) is 18.8 Å². The van der Waals surface area contributed by atoms with Gasteiger partial charge in [0.1, 0.15) is 0 Å². The van der Waals surface area contributed by atoms with E-state index >= 15 is 0 Å². The van der Waals surface area contributed by atoms with Crippen LogP contribution in [0.5, 0.6) is 0 Å². The first kappa shape index (κ1) is 20.3. The molecular weight excluding hydrogens is 364 g/mol. The van der Waals surface area contributed by atoms with Crippen LogP contribution in [0.2, 0.25) is 0 Å². The first-order chi connectivity index (χ1) is 12.8. The van der Waals surface area contributed by atoms with Gasteiger partial charge in [-0.25, -0.2) is 8.42 Å². The number of hydrogen-bond acceptors (Lipinski definition) is 5. The summed E-state index contributed by atoms with van der Waals surface area (Å²) in [6.07, 6.45) is 7.12. The largest absolute Gasteiger partial charge is 0.352 e. The zero-order valence-corrected chi connectivity index (χ0v) is 17.4. The number of amides is 1. The highest BCUT2D eigenvalue weighted by atomic mass is 32.2. The topological polar surface area (TPSA) is 93.1 Å². The maximum atomic E-state index is 12.7. The fraction of sp³-hybridized carbons (Fsp3) is 0.789. The predicted molar refractivity (Wildman–Crippen MR) is 106 cm³/mol. The van der Waals surface area contributed by atoms with E-state index in [4.69, 9.17) is 0 Å². The highest BCUT2D eigenvalue weighted by molar-refractivity contribution is 7.92. The summed E-state index contributed by atoms with van der Waals surface area (Å²) in [5.74, 6) is 0.368. The molecule has 2 N–H and O–H groups in total. The SMILES string of the molecule is CCCNC1CCS(=O)(=O)C2(CC(CNC(=O)c3cnn(C(C)C)c3)C2)C1. The predicted octanol–water partition coefficient (Wildman–Crippen LogP) is 1.92. The maximum Gasteiger partial charge on any atom is 0.254 e. The quantitative estimate of drug-likeness (QED) is 0.734. The van der Waals surface area contributed by atoms with Crippen LogP contribution in [0.15, 0.2) is 12.4 Å². The van der Waals surface area contributed by atoms with Crippen LogP contribution in [0.4, 0.5) is 0 Å². The van der Waals surface area contributed by atoms with Gasteiger partial charge in [0, 0.05) is 24.8 Å². The van der Waals surface area contributed by atoms with Crippen molar-refractivity contribution in [2.24, 2.45) is 5.92 Å². The number of sulfone groups is 1. The normalized spacial score (nSPS) is 29.6. The van der Waals surface area contributed by atoms with Crippen LogP contribution < -0.4 is 10.6 Å². The Morgan fingerprint density at radius 3 is 2.74 bits per heavy atom. The van der Waals surface area contributed by atoms with Gasteiger partial charge in [-0.15, -0.1) is 0 Å². The van der Waals surface area contributed by atoms with Gasteiger partial charge in [-0.2, -0.15) is 5.10 Å². The third-order valence-electron chi connectivity index (χ3n) is 5.96. The standard InChI is InChI=1S/C19H32N4O3S/c1-4-6-20-17-5-7-27(25,26)19(10-17)8-15(9-19)11-21-18(24)16-12-22-23(13-16)14(2)3/h12-15,17,20H,4-11H2,1-3H3,(H,21,24). The van der Waals surface area contributed by atoms with Crippen LogP contribution in [0.1, 0.15) is 69.3 Å². The lowest BCUT2D eigenvalue weighted by Crippen LogP contribution is -2.59. The number of aromatic nitrogens is 2. The highest BCUT2D eigenvalue weighted by Crippen LogP contribution is 2.49. The minimum Gasteiger partial charge on any atom is -0.352 e. The Bertz CT molecular complexity index is 766. The van der Waals surface area contributed by atoms with Crippen LogP contribution in [0, 0.1) is 5.92 Å². The Balaban J connectivity index is 1.52. The van der Waals surface area contributed by atoms with E-state index in [1.54, 1.807) is 17.1 Å². The molecular formula is C19H32N4O3S. The average Bonchev–Trinajstić information content (AvgIpc) is 3.08. The molecule has 1 aromatic heterocycles. The molecule has 1 saturated carbocycles. The summed E-state index contributed by atoms with van der Waals surface area (Å²) in [5, 5.41) is 10.6. The molecule has 1 atom stereocenters. The number of nitrogens with one attached hydrogen (secondary N) is 2. The molecule has 2 aliphatic rings. The van der Waals surface area contributed by atoms with Crippen molar-refractivity contribution in [3.63, 3.8) is 0 Å². The Labute approximate surface area is 162 Å². The van der Waals surface area contributed by atoms with Crippen LogP contribution in [-0.4, -0.2) is 53.7 Å². The van der Waals surface area contributed by atoms with E-state index in [0.717, 1.165) is 13.0 Å². The number of rotatable bonds is 7. The van der Waals surface area contributed by atoms with Gasteiger partial charge >= 0.3 is 0 Å². The Morgan fingerprint density at radius 2 is 2.11 bits per heavy atom. The van der Waals surface area contributed by atoms with Crippen LogP contribution in [0.3, 0.4) is 0 Å². The van der Waals surface area contributed by atoms with Crippen molar-refractivity contribution in [2.45, 2.75) is 69.7 Å². The molecule has 2 heterocycles. The molecule has 2 fully saturated rings.